The molecule has 1 aromatic heterocycles. The molecule has 3 N–H and O–H groups in total. The monoisotopic (exact) mass is 417 g/mol. The van der Waals surface area contributed by atoms with Gasteiger partial charge in [0.25, 0.3) is 0 Å². The first-order valence-electron chi connectivity index (χ1n) is 8.16. The number of aromatic nitrogens is 1. The van der Waals surface area contributed by atoms with Crippen LogP contribution in [-0.2, 0) is 11.0 Å². The van der Waals surface area contributed by atoms with E-state index in [-0.39, 0.29) is 12.5 Å². The molecule has 0 radical (unpaired) electrons. The molecule has 1 aromatic carbocycles. The molecule has 0 saturated carbocycles. The molecule has 0 aliphatic carbocycles. The maximum atomic E-state index is 12.7. The first-order chi connectivity index (χ1) is 12.8. The third-order valence-corrected chi connectivity index (χ3v) is 5.86. The number of carbonyl (C=O) groups excluding carboxylic acids is 1. The van der Waals surface area contributed by atoms with Gasteiger partial charge in [-0.05, 0) is 36.2 Å². The van der Waals surface area contributed by atoms with Gasteiger partial charge in [0.2, 0.25) is 5.91 Å². The largest absolute Gasteiger partial charge is 0.434 e. The van der Waals surface area contributed by atoms with Crippen LogP contribution >= 0.6 is 23.3 Å². The van der Waals surface area contributed by atoms with E-state index in [4.69, 9.17) is 5.73 Å². The van der Waals surface area contributed by atoms with Gasteiger partial charge in [-0.1, -0.05) is 0 Å². The predicted molar refractivity (Wildman–Crippen MR) is 101 cm³/mol. The summed E-state index contributed by atoms with van der Waals surface area (Å²) in [6.07, 6.45) is -4.40. The first kappa shape index (κ1) is 19.9. The molecule has 2 heterocycles. The van der Waals surface area contributed by atoms with Crippen LogP contribution in [0.4, 0.5) is 24.0 Å². The van der Waals surface area contributed by atoms with Crippen molar-refractivity contribution >= 4 is 40.0 Å². The Balaban J connectivity index is 1.51. The molecule has 1 saturated heterocycles. The molecule has 0 bridgehead atoms. The summed E-state index contributed by atoms with van der Waals surface area (Å²) in [5.41, 5.74) is 5.11. The number of alkyl halides is 3. The zero-order chi connectivity index (χ0) is 19.4. The summed E-state index contributed by atoms with van der Waals surface area (Å²) in [4.78, 5) is 17.9. The van der Waals surface area contributed by atoms with Gasteiger partial charge in [-0.15, -0.1) is 11.3 Å². The van der Waals surface area contributed by atoms with Crippen molar-refractivity contribution in [2.75, 3.05) is 42.9 Å². The number of nitrogens with two attached hydrogens (primary N) is 1. The SMILES string of the molecule is NCC(=O)Nc1ccc(SN2CCN(c3nc(C(F)(F)F)cs3)CC2)cc1. The van der Waals surface area contributed by atoms with Gasteiger partial charge >= 0.3 is 6.18 Å². The van der Waals surface area contributed by atoms with Crippen LogP contribution in [0, 0.1) is 0 Å². The molecular weight excluding hydrogens is 399 g/mol. The van der Waals surface area contributed by atoms with Crippen LogP contribution < -0.4 is 16.0 Å². The fourth-order valence-electron chi connectivity index (χ4n) is 2.47. The van der Waals surface area contributed by atoms with Crippen LogP contribution in [0.25, 0.3) is 0 Å². The Kier molecular flexibility index (Phi) is 6.25. The fourth-order valence-corrected chi connectivity index (χ4v) is 4.26. The summed E-state index contributed by atoms with van der Waals surface area (Å²) in [6.45, 7) is 2.57. The Morgan fingerprint density at radius 3 is 2.44 bits per heavy atom. The Hall–Kier alpha value is -1.82. The van der Waals surface area contributed by atoms with Gasteiger partial charge in [-0.3, -0.25) is 4.79 Å². The Bertz CT molecular complexity index is 773. The Labute approximate surface area is 162 Å². The molecule has 1 amide bonds. The van der Waals surface area contributed by atoms with Gasteiger partial charge in [0.1, 0.15) is 0 Å². The van der Waals surface area contributed by atoms with Gasteiger partial charge in [-0.25, -0.2) is 9.29 Å². The number of thiazole rings is 1. The van der Waals surface area contributed by atoms with Crippen molar-refractivity contribution in [3.05, 3.63) is 35.3 Å². The first-order valence-corrected chi connectivity index (χ1v) is 9.81. The molecule has 2 aromatic rings. The number of hydrogen-bond donors (Lipinski definition) is 2. The topological polar surface area (TPSA) is 74.5 Å². The van der Waals surface area contributed by atoms with E-state index in [0.717, 1.165) is 21.6 Å². The minimum atomic E-state index is -4.40. The highest BCUT2D eigenvalue weighted by atomic mass is 32.2. The van der Waals surface area contributed by atoms with E-state index >= 15 is 0 Å². The van der Waals surface area contributed by atoms with Crippen molar-refractivity contribution in [1.29, 1.82) is 0 Å². The summed E-state index contributed by atoms with van der Waals surface area (Å²) in [5.74, 6) is -0.248. The maximum Gasteiger partial charge on any atom is 0.434 e. The van der Waals surface area contributed by atoms with Gasteiger partial charge < -0.3 is 16.0 Å². The third-order valence-electron chi connectivity index (χ3n) is 3.85. The second-order valence-electron chi connectivity index (χ2n) is 5.80. The summed E-state index contributed by atoms with van der Waals surface area (Å²) >= 11 is 2.60. The van der Waals surface area contributed by atoms with Gasteiger partial charge in [-0.2, -0.15) is 13.2 Å². The molecule has 11 heteroatoms. The predicted octanol–water partition coefficient (Wildman–Crippen LogP) is 2.89. The lowest BCUT2D eigenvalue weighted by molar-refractivity contribution is -0.140. The van der Waals surface area contributed by atoms with Crippen LogP contribution in [0.2, 0.25) is 0 Å². The lowest BCUT2D eigenvalue weighted by Crippen LogP contribution is -2.43. The fraction of sp³-hybridized carbons (Fsp3) is 0.375. The number of amides is 1. The van der Waals surface area contributed by atoms with Crippen molar-refractivity contribution < 1.29 is 18.0 Å². The molecule has 1 aliphatic heterocycles. The van der Waals surface area contributed by atoms with E-state index in [1.54, 1.807) is 24.1 Å². The quantitative estimate of drug-likeness (QED) is 0.729. The Morgan fingerprint density at radius 1 is 1.22 bits per heavy atom. The highest BCUT2D eigenvalue weighted by Gasteiger charge is 2.34. The number of carbonyl (C=O) groups is 1. The number of hydrogen-bond acceptors (Lipinski definition) is 7. The summed E-state index contributed by atoms with van der Waals surface area (Å²) in [7, 11) is 0. The maximum absolute atomic E-state index is 12.7. The van der Waals surface area contributed by atoms with E-state index < -0.39 is 11.9 Å². The third kappa shape index (κ3) is 5.34. The number of nitrogens with zero attached hydrogens (tertiary/aromatic N) is 3. The van der Waals surface area contributed by atoms with Crippen molar-refractivity contribution in [1.82, 2.24) is 9.29 Å². The molecule has 27 heavy (non-hydrogen) atoms. The molecule has 0 atom stereocenters. The highest BCUT2D eigenvalue weighted by molar-refractivity contribution is 7.97. The summed E-state index contributed by atoms with van der Waals surface area (Å²) < 4.78 is 40.2. The molecule has 6 nitrogen and oxygen atoms in total. The average Bonchev–Trinajstić information content (AvgIpc) is 3.14. The van der Waals surface area contributed by atoms with Crippen molar-refractivity contribution in [3.63, 3.8) is 0 Å². The van der Waals surface area contributed by atoms with Crippen LogP contribution in [0.1, 0.15) is 5.69 Å². The van der Waals surface area contributed by atoms with E-state index in [1.165, 1.54) is 0 Å². The second-order valence-corrected chi connectivity index (χ2v) is 7.80. The molecule has 3 rings (SSSR count). The van der Waals surface area contributed by atoms with Gasteiger partial charge in [0.15, 0.2) is 10.8 Å². The van der Waals surface area contributed by atoms with Crippen LogP contribution in [0.15, 0.2) is 34.5 Å². The smallest absolute Gasteiger partial charge is 0.345 e. The van der Waals surface area contributed by atoms with Crippen molar-refractivity contribution in [2.24, 2.45) is 5.73 Å². The van der Waals surface area contributed by atoms with Crippen LogP contribution in [-0.4, -0.2) is 47.9 Å². The summed E-state index contributed by atoms with van der Waals surface area (Å²) in [5, 5.41) is 4.15. The molecular formula is C16H18F3N5OS2. The molecule has 1 aliphatic rings. The zero-order valence-electron chi connectivity index (χ0n) is 14.2. The normalized spacial score (nSPS) is 15.8. The molecule has 0 spiro atoms. The van der Waals surface area contributed by atoms with E-state index in [0.29, 0.717) is 37.0 Å². The van der Waals surface area contributed by atoms with Crippen molar-refractivity contribution in [3.8, 4) is 0 Å². The highest BCUT2D eigenvalue weighted by Crippen LogP contribution is 2.34. The summed E-state index contributed by atoms with van der Waals surface area (Å²) in [6, 6.07) is 7.42. The van der Waals surface area contributed by atoms with Crippen LogP contribution in [0.3, 0.4) is 0 Å². The number of nitrogens with one attached hydrogen (secondary N) is 1. The number of benzene rings is 1. The minimum Gasteiger partial charge on any atom is -0.345 e. The lowest BCUT2D eigenvalue weighted by Gasteiger charge is -2.33. The van der Waals surface area contributed by atoms with E-state index in [1.807, 2.05) is 17.0 Å². The molecule has 0 unspecified atom stereocenters. The second kappa shape index (κ2) is 8.46. The standard InChI is InChI=1S/C16H18F3N5OS2/c17-16(18,19)13-10-26-15(22-13)23-5-7-24(8-6-23)27-12-3-1-11(2-4-12)21-14(25)9-20/h1-4,10H,5-9,20H2,(H,21,25). The van der Waals surface area contributed by atoms with E-state index in [2.05, 4.69) is 14.6 Å². The Morgan fingerprint density at radius 2 is 1.89 bits per heavy atom. The average molecular weight is 417 g/mol. The zero-order valence-corrected chi connectivity index (χ0v) is 15.8. The van der Waals surface area contributed by atoms with Gasteiger partial charge in [0.05, 0.1) is 6.54 Å². The van der Waals surface area contributed by atoms with Crippen LogP contribution in [0.5, 0.6) is 0 Å². The van der Waals surface area contributed by atoms with E-state index in [9.17, 15) is 18.0 Å². The number of halogens is 3. The number of rotatable bonds is 5. The molecule has 1 fully saturated rings. The minimum absolute atomic E-state index is 0.0651. The van der Waals surface area contributed by atoms with Crippen molar-refractivity contribution in [2.45, 2.75) is 11.1 Å². The number of anilines is 2. The molecule has 146 valence electrons. The lowest BCUT2D eigenvalue weighted by atomic mass is 10.3. The van der Waals surface area contributed by atoms with Gasteiger partial charge in [0, 0.05) is 42.1 Å². The number of piperazine rings is 1.